The first-order valence-corrected chi connectivity index (χ1v) is 10.5. The maximum atomic E-state index is 12.1. The van der Waals surface area contributed by atoms with Crippen molar-refractivity contribution in [3.05, 3.63) is 35.7 Å². The molecule has 164 valence electrons. The summed E-state index contributed by atoms with van der Waals surface area (Å²) in [6, 6.07) is 1.89. The molecule has 1 fully saturated rings. The monoisotopic (exact) mass is 425 g/mol. The average Bonchev–Trinajstić information content (AvgIpc) is 2.78. The van der Waals surface area contributed by atoms with Crippen LogP contribution in [-0.2, 0) is 11.3 Å². The third-order valence-electron chi connectivity index (χ3n) is 5.60. The Kier molecular flexibility index (Phi) is 5.99. The van der Waals surface area contributed by atoms with Crippen molar-refractivity contribution in [3.8, 4) is 5.75 Å². The number of carbonyl (C=O) groups is 2. The summed E-state index contributed by atoms with van der Waals surface area (Å²) < 4.78 is 5.71. The number of amides is 2. The van der Waals surface area contributed by atoms with Crippen LogP contribution in [0.25, 0.3) is 0 Å². The van der Waals surface area contributed by atoms with Crippen molar-refractivity contribution in [2.75, 3.05) is 43.4 Å². The molecule has 1 saturated heterocycles. The summed E-state index contributed by atoms with van der Waals surface area (Å²) in [7, 11) is 1.56. The third-order valence-corrected chi connectivity index (χ3v) is 5.60. The number of anilines is 2. The second-order valence-corrected chi connectivity index (χ2v) is 7.68. The number of aryl methyl sites for hydroxylation is 1. The molecular weight excluding hydrogens is 398 g/mol. The summed E-state index contributed by atoms with van der Waals surface area (Å²) in [4.78, 5) is 41.4. The Morgan fingerprint density at radius 2 is 2.03 bits per heavy atom. The molecule has 4 heterocycles. The van der Waals surface area contributed by atoms with Gasteiger partial charge in [0.05, 0.1) is 35.2 Å². The van der Waals surface area contributed by atoms with E-state index >= 15 is 0 Å². The molecule has 2 amide bonds. The largest absolute Gasteiger partial charge is 0.477 e. The molecule has 10 nitrogen and oxygen atoms in total. The molecule has 4 rings (SSSR count). The molecule has 2 aliphatic heterocycles. The Bertz CT molecular complexity index is 989. The van der Waals surface area contributed by atoms with Crippen LogP contribution < -0.4 is 20.3 Å². The fraction of sp³-hybridized carbons (Fsp3) is 0.476. The zero-order valence-corrected chi connectivity index (χ0v) is 18.0. The van der Waals surface area contributed by atoms with E-state index in [1.54, 1.807) is 19.4 Å². The summed E-state index contributed by atoms with van der Waals surface area (Å²) in [5.74, 6) is 0.405. The van der Waals surface area contributed by atoms with Gasteiger partial charge in [-0.2, -0.15) is 0 Å². The Balaban J connectivity index is 1.36. The maximum Gasteiger partial charge on any atom is 0.288 e. The molecule has 2 N–H and O–H groups in total. The van der Waals surface area contributed by atoms with Gasteiger partial charge in [-0.25, -0.2) is 9.97 Å². The van der Waals surface area contributed by atoms with E-state index in [9.17, 15) is 9.59 Å². The van der Waals surface area contributed by atoms with E-state index in [1.165, 1.54) is 0 Å². The molecule has 0 radical (unpaired) electrons. The van der Waals surface area contributed by atoms with Gasteiger partial charge < -0.3 is 20.3 Å². The van der Waals surface area contributed by atoms with Crippen LogP contribution in [0.1, 0.15) is 35.4 Å². The molecule has 0 aromatic carbocycles. The first kappa shape index (κ1) is 21.0. The Morgan fingerprint density at radius 3 is 2.71 bits per heavy atom. The number of nitrogens with one attached hydrogen (secondary N) is 2. The number of fused-ring (bicyclic) bond motifs is 1. The van der Waals surface area contributed by atoms with E-state index < -0.39 is 6.10 Å². The van der Waals surface area contributed by atoms with Crippen molar-refractivity contribution in [2.45, 2.75) is 32.9 Å². The molecule has 0 bridgehead atoms. The van der Waals surface area contributed by atoms with Gasteiger partial charge in [-0.05, 0) is 19.4 Å². The van der Waals surface area contributed by atoms with E-state index in [4.69, 9.17) is 4.74 Å². The second kappa shape index (κ2) is 8.84. The number of piperazine rings is 1. The molecule has 10 heteroatoms. The van der Waals surface area contributed by atoms with Crippen molar-refractivity contribution >= 4 is 23.2 Å². The van der Waals surface area contributed by atoms with E-state index in [1.807, 2.05) is 19.9 Å². The van der Waals surface area contributed by atoms with Crippen molar-refractivity contribution in [1.82, 2.24) is 25.2 Å². The highest BCUT2D eigenvalue weighted by molar-refractivity contribution is 5.97. The lowest BCUT2D eigenvalue weighted by Gasteiger charge is -2.36. The third kappa shape index (κ3) is 4.43. The smallest absolute Gasteiger partial charge is 0.288 e. The Hall–Kier alpha value is -3.27. The minimum atomic E-state index is -0.453. The van der Waals surface area contributed by atoms with Crippen LogP contribution in [0.5, 0.6) is 5.75 Å². The number of hydrogen-bond donors (Lipinski definition) is 2. The molecule has 31 heavy (non-hydrogen) atoms. The van der Waals surface area contributed by atoms with Crippen LogP contribution in [0, 0.1) is 6.92 Å². The summed E-state index contributed by atoms with van der Waals surface area (Å²) in [6.07, 6.45) is 3.58. The van der Waals surface area contributed by atoms with Gasteiger partial charge in [0.1, 0.15) is 0 Å². The number of rotatable bonds is 5. The zero-order valence-electron chi connectivity index (χ0n) is 18.0. The van der Waals surface area contributed by atoms with Crippen LogP contribution in [0.4, 0.5) is 11.4 Å². The molecule has 0 aliphatic carbocycles. The van der Waals surface area contributed by atoms with Gasteiger partial charge >= 0.3 is 0 Å². The van der Waals surface area contributed by atoms with Crippen LogP contribution in [0.3, 0.4) is 0 Å². The number of hydrogen-bond acceptors (Lipinski definition) is 8. The highest BCUT2D eigenvalue weighted by atomic mass is 16.5. The van der Waals surface area contributed by atoms with Crippen molar-refractivity contribution in [1.29, 1.82) is 0 Å². The van der Waals surface area contributed by atoms with Gasteiger partial charge in [-0.15, -0.1) is 0 Å². The molecule has 0 spiro atoms. The van der Waals surface area contributed by atoms with E-state index in [-0.39, 0.29) is 17.6 Å². The van der Waals surface area contributed by atoms with Gasteiger partial charge in [0.25, 0.3) is 11.8 Å². The molecule has 2 aliphatic rings. The minimum absolute atomic E-state index is 0.110. The van der Waals surface area contributed by atoms with E-state index in [2.05, 4.69) is 35.4 Å². The topological polar surface area (TPSA) is 113 Å². The fourth-order valence-corrected chi connectivity index (χ4v) is 3.82. The SMILES string of the molecule is CC[C@@H]1Oc2cnc(CN3CCN(c4cnc(C(=O)NC)nc4C)CC3)cc2NC1=O. The lowest BCUT2D eigenvalue weighted by molar-refractivity contribution is -0.123. The molecular formula is C21H27N7O3. The number of pyridine rings is 1. The summed E-state index contributed by atoms with van der Waals surface area (Å²) >= 11 is 0. The van der Waals surface area contributed by atoms with Crippen molar-refractivity contribution in [2.24, 2.45) is 0 Å². The van der Waals surface area contributed by atoms with Crippen LogP contribution in [0.15, 0.2) is 18.5 Å². The Morgan fingerprint density at radius 1 is 1.26 bits per heavy atom. The molecule has 0 saturated carbocycles. The quantitative estimate of drug-likeness (QED) is 0.729. The lowest BCUT2D eigenvalue weighted by Crippen LogP contribution is -2.46. The molecule has 2 aromatic heterocycles. The number of ether oxygens (including phenoxy) is 1. The fourth-order valence-electron chi connectivity index (χ4n) is 3.82. The highest BCUT2D eigenvalue weighted by Gasteiger charge is 2.27. The van der Waals surface area contributed by atoms with Crippen LogP contribution in [-0.4, -0.2) is 71.0 Å². The van der Waals surface area contributed by atoms with Gasteiger partial charge in [0.15, 0.2) is 11.9 Å². The average molecular weight is 425 g/mol. The standard InChI is InChI=1S/C21H27N7O3/c1-4-17-20(29)26-15-9-14(23-11-18(15)31-17)12-27-5-7-28(8-6-27)16-10-24-19(21(30)22-3)25-13(16)2/h9-11,17H,4-8,12H2,1-3H3,(H,22,30)(H,26,29)/t17-/m0/s1. The van der Waals surface area contributed by atoms with Gasteiger partial charge in [0, 0.05) is 39.8 Å². The summed E-state index contributed by atoms with van der Waals surface area (Å²) in [5, 5.41) is 5.46. The number of carbonyl (C=O) groups excluding carboxylic acids is 2. The molecule has 2 aromatic rings. The van der Waals surface area contributed by atoms with Gasteiger partial charge in [0.2, 0.25) is 5.82 Å². The van der Waals surface area contributed by atoms with Crippen LogP contribution in [0.2, 0.25) is 0 Å². The minimum Gasteiger partial charge on any atom is -0.477 e. The van der Waals surface area contributed by atoms with Crippen molar-refractivity contribution in [3.63, 3.8) is 0 Å². The summed E-state index contributed by atoms with van der Waals surface area (Å²) in [6.45, 7) is 7.87. The second-order valence-electron chi connectivity index (χ2n) is 7.68. The number of aromatic nitrogens is 3. The number of nitrogens with zero attached hydrogens (tertiary/aromatic N) is 5. The van der Waals surface area contributed by atoms with Crippen LogP contribution >= 0.6 is 0 Å². The molecule has 1 atom stereocenters. The first-order valence-electron chi connectivity index (χ1n) is 10.5. The first-order chi connectivity index (χ1) is 15.0. The van der Waals surface area contributed by atoms with Gasteiger partial charge in [-0.1, -0.05) is 6.92 Å². The van der Waals surface area contributed by atoms with E-state index in [0.717, 1.165) is 43.3 Å². The van der Waals surface area contributed by atoms with E-state index in [0.29, 0.717) is 24.4 Å². The molecule has 0 unspecified atom stereocenters. The van der Waals surface area contributed by atoms with Gasteiger partial charge in [-0.3, -0.25) is 19.5 Å². The highest BCUT2D eigenvalue weighted by Crippen LogP contribution is 2.30. The Labute approximate surface area is 181 Å². The van der Waals surface area contributed by atoms with Crippen molar-refractivity contribution < 1.29 is 14.3 Å². The lowest BCUT2D eigenvalue weighted by atomic mass is 10.2. The maximum absolute atomic E-state index is 12.1. The summed E-state index contributed by atoms with van der Waals surface area (Å²) in [5.41, 5.74) is 3.31. The normalized spacial score (nSPS) is 18.7. The predicted molar refractivity (Wildman–Crippen MR) is 115 cm³/mol. The predicted octanol–water partition coefficient (Wildman–Crippen LogP) is 0.971. The zero-order chi connectivity index (χ0) is 22.0.